The molecule has 0 aromatic carbocycles. The number of rotatable bonds is 0. The normalized spacial score (nSPS) is 23.2. The predicted octanol–water partition coefficient (Wildman–Crippen LogP) is 1.86. The smallest absolute Gasteiger partial charge is 0.122 e. The van der Waals surface area contributed by atoms with Gasteiger partial charge in [-0.05, 0) is 19.3 Å². The van der Waals surface area contributed by atoms with Gasteiger partial charge in [-0.1, -0.05) is 0 Å². The third kappa shape index (κ3) is 0.897. The van der Waals surface area contributed by atoms with Crippen LogP contribution in [0.3, 0.4) is 0 Å². The molecule has 0 saturated heterocycles. The van der Waals surface area contributed by atoms with Crippen molar-refractivity contribution in [3.63, 3.8) is 0 Å². The van der Waals surface area contributed by atoms with Crippen LogP contribution in [0, 0.1) is 0 Å². The Hall–Kier alpha value is -0.920. The average Bonchev–Trinajstić information content (AvgIpc) is 2.05. The molecule has 0 spiro atoms. The summed E-state index contributed by atoms with van der Waals surface area (Å²) in [6.07, 6.45) is 8.39. The van der Waals surface area contributed by atoms with E-state index < -0.39 is 0 Å². The third-order valence-corrected chi connectivity index (χ3v) is 1.95. The van der Waals surface area contributed by atoms with Crippen LogP contribution >= 0.6 is 0 Å². The fourth-order valence-corrected chi connectivity index (χ4v) is 1.41. The van der Waals surface area contributed by atoms with Crippen molar-refractivity contribution in [3.8, 4) is 0 Å². The van der Waals surface area contributed by atoms with Crippen LogP contribution in [0.25, 0.3) is 0 Å². The summed E-state index contributed by atoms with van der Waals surface area (Å²) < 4.78 is 5.32. The summed E-state index contributed by atoms with van der Waals surface area (Å²) >= 11 is 0. The van der Waals surface area contributed by atoms with Gasteiger partial charge in [0, 0.05) is 12.6 Å². The van der Waals surface area contributed by atoms with Crippen molar-refractivity contribution in [3.05, 3.63) is 23.9 Å². The summed E-state index contributed by atoms with van der Waals surface area (Å²) in [4.78, 5) is 0. The zero-order valence-corrected chi connectivity index (χ0v) is 5.89. The average molecular weight is 137 g/mol. The van der Waals surface area contributed by atoms with Crippen LogP contribution in [-0.2, 0) is 4.74 Å². The summed E-state index contributed by atoms with van der Waals surface area (Å²) in [7, 11) is 0. The van der Waals surface area contributed by atoms with Crippen LogP contribution in [-0.4, -0.2) is 0 Å². The fraction of sp³-hybridized carbons (Fsp3) is 0.500. The second kappa shape index (κ2) is 2.37. The van der Waals surface area contributed by atoms with Crippen molar-refractivity contribution in [2.45, 2.75) is 25.7 Å². The van der Waals surface area contributed by atoms with Crippen molar-refractivity contribution in [1.82, 2.24) is 5.32 Å². The molecule has 1 aliphatic heterocycles. The molecule has 0 unspecified atom stereocenters. The Balaban J connectivity index is 2.17. The maximum Gasteiger partial charge on any atom is 0.122 e. The lowest BCUT2D eigenvalue weighted by atomic mass is 10.0. The van der Waals surface area contributed by atoms with Crippen LogP contribution in [0.5, 0.6) is 0 Å². The number of nitrogens with one attached hydrogen (secondary N) is 1. The second-order valence-electron chi connectivity index (χ2n) is 2.67. The van der Waals surface area contributed by atoms with E-state index in [-0.39, 0.29) is 0 Å². The van der Waals surface area contributed by atoms with E-state index >= 15 is 0 Å². The number of ether oxygens (including phenoxy) is 1. The molecule has 10 heavy (non-hydrogen) atoms. The Morgan fingerprint density at radius 2 is 2.20 bits per heavy atom. The molecule has 0 bridgehead atoms. The molecule has 0 atom stereocenters. The summed E-state index contributed by atoms with van der Waals surface area (Å²) in [5, 5.41) is 3.20. The van der Waals surface area contributed by atoms with E-state index in [9.17, 15) is 0 Å². The van der Waals surface area contributed by atoms with E-state index in [2.05, 4.69) is 5.32 Å². The van der Waals surface area contributed by atoms with Crippen molar-refractivity contribution < 1.29 is 4.74 Å². The minimum atomic E-state index is 1.10. The molecule has 0 aromatic rings. The van der Waals surface area contributed by atoms with E-state index in [0.29, 0.717) is 0 Å². The number of allylic oxidation sites excluding steroid dienone is 2. The van der Waals surface area contributed by atoms with Gasteiger partial charge in [-0.3, -0.25) is 0 Å². The molecule has 0 fully saturated rings. The summed E-state index contributed by atoms with van der Waals surface area (Å²) in [6, 6.07) is 0. The summed E-state index contributed by atoms with van der Waals surface area (Å²) in [5.74, 6) is 1.15. The van der Waals surface area contributed by atoms with Gasteiger partial charge in [-0.15, -0.1) is 0 Å². The van der Waals surface area contributed by atoms with Gasteiger partial charge in [0.1, 0.15) is 12.0 Å². The highest BCUT2D eigenvalue weighted by Crippen LogP contribution is 2.25. The molecular formula is C8H11NO. The minimum absolute atomic E-state index is 1.10. The number of hydrogen-bond donors (Lipinski definition) is 1. The van der Waals surface area contributed by atoms with Gasteiger partial charge < -0.3 is 10.1 Å². The summed E-state index contributed by atoms with van der Waals surface area (Å²) in [5.41, 5.74) is 1.29. The first-order valence-electron chi connectivity index (χ1n) is 3.77. The van der Waals surface area contributed by atoms with E-state index in [1.807, 2.05) is 6.20 Å². The van der Waals surface area contributed by atoms with Gasteiger partial charge in [0.25, 0.3) is 0 Å². The van der Waals surface area contributed by atoms with Gasteiger partial charge >= 0.3 is 0 Å². The van der Waals surface area contributed by atoms with Crippen molar-refractivity contribution in [2.75, 3.05) is 0 Å². The van der Waals surface area contributed by atoms with Crippen LogP contribution in [0.2, 0.25) is 0 Å². The topological polar surface area (TPSA) is 21.3 Å². The predicted molar refractivity (Wildman–Crippen MR) is 38.9 cm³/mol. The van der Waals surface area contributed by atoms with Gasteiger partial charge in [0.15, 0.2) is 0 Å². The maximum atomic E-state index is 5.32. The Bertz CT molecular complexity index is 173. The molecule has 2 heteroatoms. The van der Waals surface area contributed by atoms with E-state index in [1.165, 1.54) is 18.5 Å². The second-order valence-corrected chi connectivity index (χ2v) is 2.67. The molecule has 0 saturated carbocycles. The Morgan fingerprint density at radius 3 is 3.10 bits per heavy atom. The molecule has 1 aliphatic carbocycles. The lowest BCUT2D eigenvalue weighted by Crippen LogP contribution is -2.16. The largest absolute Gasteiger partial charge is 0.466 e. The maximum absolute atomic E-state index is 5.32. The quantitative estimate of drug-likeness (QED) is 0.550. The van der Waals surface area contributed by atoms with E-state index in [0.717, 1.165) is 18.6 Å². The van der Waals surface area contributed by atoms with E-state index in [4.69, 9.17) is 4.74 Å². The highest BCUT2D eigenvalue weighted by molar-refractivity contribution is 5.15. The molecule has 2 rings (SSSR count). The molecule has 1 N–H and O–H groups in total. The fourth-order valence-electron chi connectivity index (χ4n) is 1.41. The van der Waals surface area contributed by atoms with Crippen LogP contribution in [0.4, 0.5) is 0 Å². The van der Waals surface area contributed by atoms with Crippen molar-refractivity contribution in [1.29, 1.82) is 0 Å². The highest BCUT2D eigenvalue weighted by atomic mass is 16.5. The first-order valence-corrected chi connectivity index (χ1v) is 3.77. The van der Waals surface area contributed by atoms with Crippen molar-refractivity contribution >= 4 is 0 Å². The van der Waals surface area contributed by atoms with Gasteiger partial charge in [0.2, 0.25) is 0 Å². The molecule has 2 nitrogen and oxygen atoms in total. The standard InChI is InChI=1S/C8H11NO/c1-2-4-8-7(3-1)9-5-6-10-8/h5-6,9H,1-4H2. The molecule has 0 amide bonds. The molecule has 2 aliphatic rings. The first-order chi connectivity index (χ1) is 4.97. The van der Waals surface area contributed by atoms with Crippen LogP contribution in [0.1, 0.15) is 25.7 Å². The first kappa shape index (κ1) is 5.83. The van der Waals surface area contributed by atoms with E-state index in [1.54, 1.807) is 6.26 Å². The molecule has 0 radical (unpaired) electrons. The Labute approximate surface area is 60.6 Å². The lowest BCUT2D eigenvalue weighted by molar-refractivity contribution is 0.295. The lowest BCUT2D eigenvalue weighted by Gasteiger charge is -2.21. The minimum Gasteiger partial charge on any atom is -0.466 e. The molecular weight excluding hydrogens is 126 g/mol. The Morgan fingerprint density at radius 1 is 1.30 bits per heavy atom. The SMILES string of the molecule is C1=COC2=C(CCCC2)N1. The van der Waals surface area contributed by atoms with Crippen LogP contribution < -0.4 is 5.32 Å². The monoisotopic (exact) mass is 137 g/mol. The third-order valence-electron chi connectivity index (χ3n) is 1.95. The van der Waals surface area contributed by atoms with Gasteiger partial charge in [-0.2, -0.15) is 0 Å². The molecule has 1 heterocycles. The molecule has 0 aromatic heterocycles. The zero-order chi connectivity index (χ0) is 6.81. The zero-order valence-electron chi connectivity index (χ0n) is 5.89. The Kier molecular flexibility index (Phi) is 1.38. The highest BCUT2D eigenvalue weighted by Gasteiger charge is 2.14. The van der Waals surface area contributed by atoms with Gasteiger partial charge in [-0.25, -0.2) is 0 Å². The number of hydrogen-bond acceptors (Lipinski definition) is 2. The van der Waals surface area contributed by atoms with Gasteiger partial charge in [0.05, 0.1) is 5.70 Å². The van der Waals surface area contributed by atoms with Crippen LogP contribution in [0.15, 0.2) is 23.9 Å². The summed E-state index contributed by atoms with van der Waals surface area (Å²) in [6.45, 7) is 0. The molecule has 54 valence electrons. The van der Waals surface area contributed by atoms with Crippen molar-refractivity contribution in [2.24, 2.45) is 0 Å².